The first-order valence-electron chi connectivity index (χ1n) is 5.49. The number of nitriles is 1. The lowest BCUT2D eigenvalue weighted by molar-refractivity contribution is 0.745. The number of anilines is 1. The van der Waals surface area contributed by atoms with Crippen LogP contribution in [0.4, 0.5) is 5.69 Å². The number of hydrogen-bond acceptors (Lipinski definition) is 2. The lowest BCUT2D eigenvalue weighted by Gasteiger charge is -2.23. The molecule has 0 radical (unpaired) electrons. The molecule has 0 atom stereocenters. The molecule has 1 rings (SSSR count). The van der Waals surface area contributed by atoms with E-state index in [0.29, 0.717) is 6.42 Å². The Labute approximate surface area is 97.5 Å². The van der Waals surface area contributed by atoms with Crippen molar-refractivity contribution in [3.05, 3.63) is 30.3 Å². The summed E-state index contributed by atoms with van der Waals surface area (Å²) in [6.07, 6.45) is 7.54. The van der Waals surface area contributed by atoms with E-state index >= 15 is 0 Å². The molecule has 2 nitrogen and oxygen atoms in total. The second-order valence-electron chi connectivity index (χ2n) is 3.54. The highest BCUT2D eigenvalue weighted by Crippen LogP contribution is 2.14. The Morgan fingerprint density at radius 2 is 1.88 bits per heavy atom. The molecule has 1 aromatic rings. The molecule has 0 aliphatic heterocycles. The van der Waals surface area contributed by atoms with Crippen molar-refractivity contribution in [2.75, 3.05) is 18.0 Å². The van der Waals surface area contributed by atoms with Gasteiger partial charge in [0.25, 0.3) is 0 Å². The number of hydrogen-bond donors (Lipinski definition) is 0. The molecule has 0 spiro atoms. The number of terminal acetylenes is 1. The summed E-state index contributed by atoms with van der Waals surface area (Å²) in [5, 5.41) is 8.62. The smallest absolute Gasteiger partial charge is 0.0640 e. The Balaban J connectivity index is 2.57. The normalized spacial score (nSPS) is 9.12. The lowest BCUT2D eigenvalue weighted by atomic mass is 10.2. The first kappa shape index (κ1) is 12.1. The molecule has 0 aromatic heterocycles. The summed E-state index contributed by atoms with van der Waals surface area (Å²) >= 11 is 0. The summed E-state index contributed by atoms with van der Waals surface area (Å²) in [5.41, 5.74) is 1.16. The average Bonchev–Trinajstić information content (AvgIpc) is 2.35. The number of nitrogens with zero attached hydrogens (tertiary/aromatic N) is 2. The minimum absolute atomic E-state index is 0.547. The fourth-order valence-electron chi connectivity index (χ4n) is 1.57. The lowest BCUT2D eigenvalue weighted by Crippen LogP contribution is -2.25. The van der Waals surface area contributed by atoms with E-state index in [1.54, 1.807) is 0 Å². The highest BCUT2D eigenvalue weighted by atomic mass is 15.1. The Kier molecular flexibility index (Phi) is 5.59. The van der Waals surface area contributed by atoms with E-state index in [1.807, 2.05) is 18.2 Å². The van der Waals surface area contributed by atoms with E-state index < -0.39 is 0 Å². The van der Waals surface area contributed by atoms with Crippen LogP contribution in [-0.4, -0.2) is 13.1 Å². The van der Waals surface area contributed by atoms with E-state index in [0.717, 1.165) is 31.6 Å². The molecule has 0 saturated heterocycles. The first-order valence-corrected chi connectivity index (χ1v) is 5.49. The number of para-hydroxylation sites is 1. The predicted molar refractivity (Wildman–Crippen MR) is 67.0 cm³/mol. The van der Waals surface area contributed by atoms with Gasteiger partial charge >= 0.3 is 0 Å². The van der Waals surface area contributed by atoms with E-state index in [-0.39, 0.29) is 0 Å². The zero-order valence-electron chi connectivity index (χ0n) is 9.39. The van der Waals surface area contributed by atoms with Crippen LogP contribution in [0.2, 0.25) is 0 Å². The molecular weight excluding hydrogens is 196 g/mol. The summed E-state index contributed by atoms with van der Waals surface area (Å²) < 4.78 is 0. The maximum Gasteiger partial charge on any atom is 0.0640 e. The largest absolute Gasteiger partial charge is 0.370 e. The molecule has 0 saturated carbocycles. The molecule has 0 unspecified atom stereocenters. The van der Waals surface area contributed by atoms with Crippen molar-refractivity contribution in [2.24, 2.45) is 0 Å². The number of unbranched alkanes of at least 4 members (excludes halogenated alkanes) is 1. The van der Waals surface area contributed by atoms with Crippen molar-refractivity contribution in [2.45, 2.75) is 19.3 Å². The second-order valence-corrected chi connectivity index (χ2v) is 3.54. The van der Waals surface area contributed by atoms with Gasteiger partial charge in [0.15, 0.2) is 0 Å². The Morgan fingerprint density at radius 3 is 2.50 bits per heavy atom. The molecule has 0 aliphatic rings. The van der Waals surface area contributed by atoms with Crippen molar-refractivity contribution >= 4 is 5.69 Å². The molecular formula is C14H16N2. The van der Waals surface area contributed by atoms with E-state index in [1.165, 1.54) is 0 Å². The van der Waals surface area contributed by atoms with Gasteiger partial charge in [-0.05, 0) is 18.6 Å². The Morgan fingerprint density at radius 1 is 1.12 bits per heavy atom. The molecule has 1 aromatic carbocycles. The third kappa shape index (κ3) is 4.07. The zero-order valence-corrected chi connectivity index (χ0v) is 9.39. The van der Waals surface area contributed by atoms with E-state index in [2.05, 4.69) is 29.0 Å². The van der Waals surface area contributed by atoms with Crippen molar-refractivity contribution in [1.82, 2.24) is 0 Å². The molecule has 82 valence electrons. The third-order valence-corrected chi connectivity index (χ3v) is 2.36. The van der Waals surface area contributed by atoms with E-state index in [9.17, 15) is 0 Å². The Bertz CT molecular complexity index is 370. The fraction of sp³-hybridized carbons (Fsp3) is 0.357. The van der Waals surface area contributed by atoms with Crippen molar-refractivity contribution in [1.29, 1.82) is 5.26 Å². The topological polar surface area (TPSA) is 27.0 Å². The number of benzene rings is 1. The van der Waals surface area contributed by atoms with Gasteiger partial charge in [0.2, 0.25) is 0 Å². The minimum atomic E-state index is 0.547. The monoisotopic (exact) mass is 212 g/mol. The van der Waals surface area contributed by atoms with Crippen LogP contribution in [0.1, 0.15) is 19.3 Å². The van der Waals surface area contributed by atoms with Gasteiger partial charge in [-0.2, -0.15) is 5.26 Å². The van der Waals surface area contributed by atoms with Crippen LogP contribution >= 0.6 is 0 Å². The molecule has 16 heavy (non-hydrogen) atoms. The summed E-state index contributed by atoms with van der Waals surface area (Å²) in [7, 11) is 0. The molecule has 0 bridgehead atoms. The molecule has 0 fully saturated rings. The van der Waals surface area contributed by atoms with Crippen LogP contribution < -0.4 is 4.90 Å². The van der Waals surface area contributed by atoms with Crippen molar-refractivity contribution < 1.29 is 0 Å². The molecule has 0 amide bonds. The quantitative estimate of drug-likeness (QED) is 0.535. The first-order chi connectivity index (χ1) is 7.88. The summed E-state index contributed by atoms with van der Waals surface area (Å²) in [6, 6.07) is 12.3. The van der Waals surface area contributed by atoms with Gasteiger partial charge in [-0.1, -0.05) is 18.2 Å². The highest BCUT2D eigenvalue weighted by Gasteiger charge is 2.04. The summed E-state index contributed by atoms with van der Waals surface area (Å²) in [4.78, 5) is 2.21. The van der Waals surface area contributed by atoms with Gasteiger partial charge in [0.1, 0.15) is 0 Å². The minimum Gasteiger partial charge on any atom is -0.370 e. The third-order valence-electron chi connectivity index (χ3n) is 2.36. The van der Waals surface area contributed by atoms with Crippen molar-refractivity contribution in [3.8, 4) is 18.4 Å². The SMILES string of the molecule is C#CCCCN(CCC#N)c1ccccc1. The summed E-state index contributed by atoms with van der Waals surface area (Å²) in [6.45, 7) is 1.68. The van der Waals surface area contributed by atoms with Crippen LogP contribution in [0.15, 0.2) is 30.3 Å². The van der Waals surface area contributed by atoms with Crippen LogP contribution in [0, 0.1) is 23.7 Å². The van der Waals surface area contributed by atoms with Crippen LogP contribution in [0.3, 0.4) is 0 Å². The van der Waals surface area contributed by atoms with Crippen LogP contribution in [0.25, 0.3) is 0 Å². The second kappa shape index (κ2) is 7.37. The molecule has 0 aliphatic carbocycles. The molecule has 0 N–H and O–H groups in total. The zero-order chi connectivity index (χ0) is 11.6. The predicted octanol–water partition coefficient (Wildman–Crippen LogP) is 2.82. The van der Waals surface area contributed by atoms with Gasteiger partial charge in [0.05, 0.1) is 12.5 Å². The average molecular weight is 212 g/mol. The van der Waals surface area contributed by atoms with Gasteiger partial charge in [-0.25, -0.2) is 0 Å². The van der Waals surface area contributed by atoms with Crippen molar-refractivity contribution in [3.63, 3.8) is 0 Å². The maximum atomic E-state index is 8.62. The van der Waals surface area contributed by atoms with Gasteiger partial charge < -0.3 is 4.90 Å². The maximum absolute atomic E-state index is 8.62. The van der Waals surface area contributed by atoms with Crippen LogP contribution in [0.5, 0.6) is 0 Å². The Hall–Kier alpha value is -1.93. The highest BCUT2D eigenvalue weighted by molar-refractivity contribution is 5.45. The van der Waals surface area contributed by atoms with Gasteiger partial charge in [0, 0.05) is 25.2 Å². The standard InChI is InChI=1S/C14H16N2/c1-2-3-7-12-16(13-8-11-15)14-9-5-4-6-10-14/h1,4-6,9-10H,3,7-8,12-13H2. The fourth-order valence-corrected chi connectivity index (χ4v) is 1.57. The summed E-state index contributed by atoms with van der Waals surface area (Å²) in [5.74, 6) is 2.64. The number of rotatable bonds is 6. The van der Waals surface area contributed by atoms with E-state index in [4.69, 9.17) is 11.7 Å². The molecule has 0 heterocycles. The molecule has 2 heteroatoms. The van der Waals surface area contributed by atoms with Gasteiger partial charge in [-0.3, -0.25) is 0 Å². The van der Waals surface area contributed by atoms with Crippen LogP contribution in [-0.2, 0) is 0 Å². The van der Waals surface area contributed by atoms with Gasteiger partial charge in [-0.15, -0.1) is 12.3 Å².